The van der Waals surface area contributed by atoms with Crippen LogP contribution in [0.15, 0.2) is 52.9 Å². The van der Waals surface area contributed by atoms with E-state index in [4.69, 9.17) is 9.52 Å². The summed E-state index contributed by atoms with van der Waals surface area (Å²) in [6.07, 6.45) is 0. The van der Waals surface area contributed by atoms with Crippen molar-refractivity contribution in [2.45, 2.75) is 13.5 Å². The van der Waals surface area contributed by atoms with Crippen LogP contribution in [0.1, 0.15) is 21.7 Å². The molecule has 1 aromatic heterocycles. The van der Waals surface area contributed by atoms with Crippen LogP contribution < -0.4 is 5.32 Å². The molecule has 2 N–H and O–H groups in total. The van der Waals surface area contributed by atoms with E-state index in [1.165, 1.54) is 0 Å². The number of hydrogen-bond acceptors (Lipinski definition) is 3. The Morgan fingerprint density at radius 1 is 1.19 bits per heavy atom. The lowest BCUT2D eigenvalue weighted by Crippen LogP contribution is -2.05. The molecule has 0 saturated heterocycles. The van der Waals surface area contributed by atoms with Gasteiger partial charge in [-0.15, -0.1) is 0 Å². The largest absolute Gasteiger partial charge is 0.478 e. The Balaban J connectivity index is 1.81. The lowest BCUT2D eigenvalue weighted by Gasteiger charge is -2.10. The first-order chi connectivity index (χ1) is 10.1. The summed E-state index contributed by atoms with van der Waals surface area (Å²) >= 11 is 0. The van der Waals surface area contributed by atoms with Crippen molar-refractivity contribution in [1.82, 2.24) is 0 Å². The highest BCUT2D eigenvalue weighted by Crippen LogP contribution is 2.22. The molecule has 4 nitrogen and oxygen atoms in total. The van der Waals surface area contributed by atoms with Crippen molar-refractivity contribution in [2.24, 2.45) is 0 Å². The average Bonchev–Trinajstić information content (AvgIpc) is 2.88. The number of carbonyl (C=O) groups is 1. The van der Waals surface area contributed by atoms with E-state index in [-0.39, 0.29) is 0 Å². The molecule has 0 saturated carbocycles. The standard InChI is InChI=1S/C17H15NO3/c1-11-14(17(19)20)6-4-7-15(11)18-10-13-9-12-5-2-3-8-16(12)21-13/h2-9,18H,10H2,1H3,(H,19,20). The molecule has 0 aliphatic carbocycles. The third-order valence-corrected chi connectivity index (χ3v) is 3.49. The molecule has 106 valence electrons. The molecule has 0 fully saturated rings. The molecule has 0 spiro atoms. The van der Waals surface area contributed by atoms with Crippen LogP contribution in [0.5, 0.6) is 0 Å². The molecule has 0 aliphatic heterocycles. The minimum absolute atomic E-state index is 0.310. The van der Waals surface area contributed by atoms with Gasteiger partial charge in [-0.05, 0) is 36.8 Å². The lowest BCUT2D eigenvalue weighted by atomic mass is 10.1. The Morgan fingerprint density at radius 3 is 2.76 bits per heavy atom. The maximum Gasteiger partial charge on any atom is 0.336 e. The number of aromatic carboxylic acids is 1. The summed E-state index contributed by atoms with van der Waals surface area (Å²) in [6, 6.07) is 15.0. The highest BCUT2D eigenvalue weighted by molar-refractivity contribution is 5.91. The zero-order valence-corrected chi connectivity index (χ0v) is 11.6. The van der Waals surface area contributed by atoms with Crippen LogP contribution in [0.2, 0.25) is 0 Å². The van der Waals surface area contributed by atoms with E-state index in [9.17, 15) is 4.79 Å². The Hall–Kier alpha value is -2.75. The topological polar surface area (TPSA) is 62.5 Å². The fourth-order valence-electron chi connectivity index (χ4n) is 2.37. The van der Waals surface area contributed by atoms with Gasteiger partial charge in [-0.2, -0.15) is 0 Å². The van der Waals surface area contributed by atoms with Gasteiger partial charge in [0.05, 0.1) is 12.1 Å². The number of carboxylic acids is 1. The third kappa shape index (κ3) is 2.60. The average molecular weight is 281 g/mol. The third-order valence-electron chi connectivity index (χ3n) is 3.49. The van der Waals surface area contributed by atoms with Crippen molar-refractivity contribution < 1.29 is 14.3 Å². The molecule has 2 aromatic carbocycles. The Labute approximate surface area is 122 Å². The van der Waals surface area contributed by atoms with E-state index in [0.29, 0.717) is 12.1 Å². The summed E-state index contributed by atoms with van der Waals surface area (Å²) in [7, 11) is 0. The quantitative estimate of drug-likeness (QED) is 0.757. The highest BCUT2D eigenvalue weighted by atomic mass is 16.4. The number of rotatable bonds is 4. The summed E-state index contributed by atoms with van der Waals surface area (Å²) in [6.45, 7) is 2.31. The minimum Gasteiger partial charge on any atom is -0.478 e. The lowest BCUT2D eigenvalue weighted by molar-refractivity contribution is 0.0696. The second-order valence-electron chi connectivity index (χ2n) is 4.89. The smallest absolute Gasteiger partial charge is 0.336 e. The molecular formula is C17H15NO3. The second-order valence-corrected chi connectivity index (χ2v) is 4.89. The summed E-state index contributed by atoms with van der Waals surface area (Å²) < 4.78 is 5.73. The first-order valence-corrected chi connectivity index (χ1v) is 6.69. The van der Waals surface area contributed by atoms with E-state index in [1.54, 1.807) is 19.1 Å². The Kier molecular flexibility index (Phi) is 3.36. The number of anilines is 1. The van der Waals surface area contributed by atoms with Gasteiger partial charge in [-0.1, -0.05) is 24.3 Å². The van der Waals surface area contributed by atoms with Crippen LogP contribution in [0.4, 0.5) is 5.69 Å². The van der Waals surface area contributed by atoms with E-state index < -0.39 is 5.97 Å². The summed E-state index contributed by atoms with van der Waals surface area (Å²) in [5, 5.41) is 13.4. The first kappa shape index (κ1) is 13.2. The van der Waals surface area contributed by atoms with Crippen molar-refractivity contribution in [3.8, 4) is 0 Å². The normalized spacial score (nSPS) is 10.7. The van der Waals surface area contributed by atoms with Crippen molar-refractivity contribution >= 4 is 22.6 Å². The molecule has 0 amide bonds. The fraction of sp³-hybridized carbons (Fsp3) is 0.118. The van der Waals surface area contributed by atoms with Crippen molar-refractivity contribution in [3.05, 3.63) is 65.4 Å². The molecule has 1 heterocycles. The Morgan fingerprint density at radius 2 is 2.00 bits per heavy atom. The molecule has 4 heteroatoms. The van der Waals surface area contributed by atoms with Gasteiger partial charge < -0.3 is 14.8 Å². The number of furan rings is 1. The predicted octanol–water partition coefficient (Wildman–Crippen LogP) is 4.05. The molecule has 0 atom stereocenters. The van der Waals surface area contributed by atoms with Gasteiger partial charge in [0, 0.05) is 11.1 Å². The van der Waals surface area contributed by atoms with Crippen LogP contribution in [0, 0.1) is 6.92 Å². The molecule has 3 rings (SSSR count). The summed E-state index contributed by atoms with van der Waals surface area (Å²) in [5.41, 5.74) is 2.69. The molecular weight excluding hydrogens is 266 g/mol. The van der Waals surface area contributed by atoms with Crippen molar-refractivity contribution in [3.63, 3.8) is 0 Å². The second kappa shape index (κ2) is 5.32. The molecule has 21 heavy (non-hydrogen) atoms. The monoisotopic (exact) mass is 281 g/mol. The van der Waals surface area contributed by atoms with Crippen LogP contribution in [-0.4, -0.2) is 11.1 Å². The van der Waals surface area contributed by atoms with Gasteiger partial charge in [0.2, 0.25) is 0 Å². The zero-order chi connectivity index (χ0) is 14.8. The summed E-state index contributed by atoms with van der Waals surface area (Å²) in [5.74, 6) is -0.101. The van der Waals surface area contributed by atoms with Crippen molar-refractivity contribution in [2.75, 3.05) is 5.32 Å². The molecule has 3 aromatic rings. The number of para-hydroxylation sites is 1. The zero-order valence-electron chi connectivity index (χ0n) is 11.6. The Bertz CT molecular complexity index is 772. The number of nitrogens with one attached hydrogen (secondary N) is 1. The van der Waals surface area contributed by atoms with Gasteiger partial charge in [0.1, 0.15) is 11.3 Å². The van der Waals surface area contributed by atoms with Crippen LogP contribution in [-0.2, 0) is 6.54 Å². The highest BCUT2D eigenvalue weighted by Gasteiger charge is 2.10. The van der Waals surface area contributed by atoms with E-state index >= 15 is 0 Å². The minimum atomic E-state index is -0.917. The van der Waals surface area contributed by atoms with Gasteiger partial charge in [-0.3, -0.25) is 0 Å². The van der Waals surface area contributed by atoms with Crippen LogP contribution >= 0.6 is 0 Å². The number of fused-ring (bicyclic) bond motifs is 1. The fourth-order valence-corrected chi connectivity index (χ4v) is 2.37. The SMILES string of the molecule is Cc1c(NCc2cc3ccccc3o2)cccc1C(=O)O. The first-order valence-electron chi connectivity index (χ1n) is 6.69. The van der Waals surface area contributed by atoms with Gasteiger partial charge >= 0.3 is 5.97 Å². The number of benzene rings is 2. The number of hydrogen-bond donors (Lipinski definition) is 2. The maximum absolute atomic E-state index is 11.1. The van der Waals surface area contributed by atoms with Crippen LogP contribution in [0.3, 0.4) is 0 Å². The predicted molar refractivity (Wildman–Crippen MR) is 81.7 cm³/mol. The molecule has 0 radical (unpaired) electrons. The van der Waals surface area contributed by atoms with Crippen molar-refractivity contribution in [1.29, 1.82) is 0 Å². The number of carboxylic acid groups (broad SMARTS) is 1. The van der Waals surface area contributed by atoms with Crippen LogP contribution in [0.25, 0.3) is 11.0 Å². The van der Waals surface area contributed by atoms with E-state index in [1.807, 2.05) is 36.4 Å². The van der Waals surface area contributed by atoms with Gasteiger partial charge in [-0.25, -0.2) is 4.79 Å². The molecule has 0 unspecified atom stereocenters. The van der Waals surface area contributed by atoms with Gasteiger partial charge in [0.15, 0.2) is 0 Å². The van der Waals surface area contributed by atoms with E-state index in [0.717, 1.165) is 28.0 Å². The van der Waals surface area contributed by atoms with E-state index in [2.05, 4.69) is 5.32 Å². The van der Waals surface area contributed by atoms with Gasteiger partial charge in [0.25, 0.3) is 0 Å². The molecule has 0 bridgehead atoms. The summed E-state index contributed by atoms with van der Waals surface area (Å²) in [4.78, 5) is 11.1. The maximum atomic E-state index is 11.1. The molecule has 0 aliphatic rings.